The average molecular weight is 822 g/mol. The Morgan fingerprint density at radius 2 is 1.39 bits per heavy atom. The molecule has 4 heteroatoms. The maximum absolute atomic E-state index is 7.38. The smallest absolute Gasteiger partial charge is 0.145 e. The molecule has 0 saturated heterocycles. The van der Waals surface area contributed by atoms with Gasteiger partial charge in [0, 0.05) is 39.0 Å². The quantitative estimate of drug-likeness (QED) is 0.192. The molecule has 304 valence electrons. The summed E-state index contributed by atoms with van der Waals surface area (Å²) < 4.78 is 9.94. The molecule has 0 fully saturated rings. The number of aliphatic imine (C=N–C) groups is 1. The van der Waals surface area contributed by atoms with Gasteiger partial charge in [-0.15, -0.1) is 0 Å². The van der Waals surface area contributed by atoms with Crippen LogP contribution in [-0.2, 0) is 5.41 Å². The van der Waals surface area contributed by atoms with E-state index in [9.17, 15) is 0 Å². The van der Waals surface area contributed by atoms with Crippen molar-refractivity contribution >= 4 is 55.2 Å². The zero-order valence-corrected chi connectivity index (χ0v) is 35.4. The topological polar surface area (TPSA) is 42.5 Å². The molecule has 3 aliphatic carbocycles. The Bertz CT molecular complexity index is 3630. The molecule has 0 saturated carbocycles. The third-order valence-electron chi connectivity index (χ3n) is 14.6. The lowest BCUT2D eigenvalue weighted by molar-refractivity contribution is 0.559. The summed E-state index contributed by atoms with van der Waals surface area (Å²) in [5.41, 5.74) is 19.7. The van der Waals surface area contributed by atoms with Crippen molar-refractivity contribution in [1.82, 2.24) is 9.88 Å². The van der Waals surface area contributed by atoms with Crippen LogP contribution < -0.4 is 5.32 Å². The lowest BCUT2D eigenvalue weighted by Gasteiger charge is -2.43. The minimum Gasteiger partial charge on any atom is -0.455 e. The van der Waals surface area contributed by atoms with Crippen LogP contribution in [0.5, 0.6) is 0 Å². The first-order chi connectivity index (χ1) is 31.6. The molecular formula is C60H43N3O. The van der Waals surface area contributed by atoms with Gasteiger partial charge in [0.25, 0.3) is 0 Å². The highest BCUT2D eigenvalue weighted by Crippen LogP contribution is 2.64. The number of nitrogens with zero attached hydrogens (tertiary/aromatic N) is 2. The predicted octanol–water partition coefficient (Wildman–Crippen LogP) is 14.6. The summed E-state index contributed by atoms with van der Waals surface area (Å²) >= 11 is 0. The van der Waals surface area contributed by atoms with E-state index in [1.54, 1.807) is 0 Å². The zero-order valence-electron chi connectivity index (χ0n) is 35.4. The van der Waals surface area contributed by atoms with Crippen LogP contribution in [0.1, 0.15) is 53.7 Å². The van der Waals surface area contributed by atoms with E-state index >= 15 is 0 Å². The Morgan fingerprint density at radius 3 is 2.22 bits per heavy atom. The molecule has 5 aliphatic rings. The molecule has 2 aromatic heterocycles. The van der Waals surface area contributed by atoms with Gasteiger partial charge in [0.1, 0.15) is 17.3 Å². The van der Waals surface area contributed by atoms with E-state index in [1.807, 2.05) is 0 Å². The Labute approximate surface area is 371 Å². The van der Waals surface area contributed by atoms with Crippen molar-refractivity contribution in [2.75, 3.05) is 0 Å². The zero-order chi connectivity index (χ0) is 42.1. The molecule has 4 nitrogen and oxygen atoms in total. The maximum atomic E-state index is 7.38. The van der Waals surface area contributed by atoms with Crippen molar-refractivity contribution < 1.29 is 4.42 Å². The van der Waals surface area contributed by atoms with Crippen LogP contribution in [0.2, 0.25) is 0 Å². The standard InChI is InChI=1S/C60H43N3O/c1-36-30-31-54-49(32-36)60(47-27-11-8-22-42(47)43-23-9-12-28-48(43)60)50-34-46-44-26-15-25-41(57(44)64-58(46)55-45-24-10-13-29-53(45)63(54)56(50)55)39-20-14-21-40(33-39)59-61-51(37-16-4-2-5-17-37)35-52(62-59)38-18-6-3-7-19-38/h2-18,20-29,31-36,38,59,62H,19,30H2,1H3. The van der Waals surface area contributed by atoms with Crippen molar-refractivity contribution in [1.29, 1.82) is 0 Å². The van der Waals surface area contributed by atoms with Gasteiger partial charge in [-0.05, 0) is 93.1 Å². The monoisotopic (exact) mass is 821 g/mol. The van der Waals surface area contributed by atoms with Crippen molar-refractivity contribution in [2.24, 2.45) is 16.8 Å². The van der Waals surface area contributed by atoms with E-state index in [-0.39, 0.29) is 12.1 Å². The van der Waals surface area contributed by atoms with Gasteiger partial charge in [-0.1, -0.05) is 177 Å². The Hall–Kier alpha value is -7.69. The number of hydrogen-bond acceptors (Lipinski definition) is 3. The van der Waals surface area contributed by atoms with Crippen LogP contribution in [0.15, 0.2) is 215 Å². The molecule has 9 aromatic rings. The van der Waals surface area contributed by atoms with Gasteiger partial charge in [-0.3, -0.25) is 4.99 Å². The van der Waals surface area contributed by atoms with Crippen LogP contribution in [0.3, 0.4) is 0 Å². The number of fused-ring (bicyclic) bond motifs is 16. The number of rotatable bonds is 4. The average Bonchev–Trinajstić information content (AvgIpc) is 4.01. The van der Waals surface area contributed by atoms with Crippen molar-refractivity contribution in [3.8, 4) is 22.3 Å². The number of furan rings is 1. The number of hydrogen-bond donors (Lipinski definition) is 1. The van der Waals surface area contributed by atoms with Crippen LogP contribution >= 0.6 is 0 Å². The number of benzene rings is 7. The van der Waals surface area contributed by atoms with Crippen molar-refractivity contribution in [2.45, 2.75) is 31.3 Å². The molecule has 14 rings (SSSR count). The van der Waals surface area contributed by atoms with Crippen LogP contribution in [0.4, 0.5) is 0 Å². The highest BCUT2D eigenvalue weighted by molar-refractivity contribution is 6.27. The normalized spacial score (nSPS) is 20.2. The molecule has 3 atom stereocenters. The molecule has 0 amide bonds. The highest BCUT2D eigenvalue weighted by atomic mass is 16.3. The van der Waals surface area contributed by atoms with Crippen molar-refractivity contribution in [3.05, 3.63) is 233 Å². The molecule has 1 N–H and O–H groups in total. The second kappa shape index (κ2) is 13.4. The summed E-state index contributed by atoms with van der Waals surface area (Å²) in [6.45, 7) is 2.36. The van der Waals surface area contributed by atoms with Crippen LogP contribution in [0.25, 0.3) is 71.7 Å². The first-order valence-corrected chi connectivity index (χ1v) is 22.7. The summed E-state index contributed by atoms with van der Waals surface area (Å²) in [6, 6.07) is 55.8. The van der Waals surface area contributed by atoms with Gasteiger partial charge < -0.3 is 14.3 Å². The summed E-state index contributed by atoms with van der Waals surface area (Å²) in [4.78, 5) is 5.34. The summed E-state index contributed by atoms with van der Waals surface area (Å²) in [7, 11) is 0. The minimum atomic E-state index is -0.497. The first-order valence-electron chi connectivity index (χ1n) is 22.7. The third kappa shape index (κ3) is 4.85. The predicted molar refractivity (Wildman–Crippen MR) is 263 cm³/mol. The molecule has 4 heterocycles. The van der Waals surface area contributed by atoms with E-state index in [4.69, 9.17) is 9.41 Å². The number of aromatic nitrogens is 1. The molecule has 7 aromatic carbocycles. The number of nitrogens with one attached hydrogen (secondary N) is 1. The van der Waals surface area contributed by atoms with Crippen molar-refractivity contribution in [3.63, 3.8) is 0 Å². The molecule has 0 radical (unpaired) electrons. The summed E-state index contributed by atoms with van der Waals surface area (Å²) in [6.07, 6.45) is 17.9. The fourth-order valence-electron chi connectivity index (χ4n) is 11.9. The Balaban J connectivity index is 1.01. The largest absolute Gasteiger partial charge is 0.455 e. The van der Waals surface area contributed by atoms with Gasteiger partial charge in [0.2, 0.25) is 0 Å². The first kappa shape index (κ1) is 35.9. The maximum Gasteiger partial charge on any atom is 0.145 e. The summed E-state index contributed by atoms with van der Waals surface area (Å²) in [5, 5.41) is 8.51. The number of allylic oxidation sites excluding steroid dienone is 9. The van der Waals surface area contributed by atoms with E-state index in [0.717, 1.165) is 62.7 Å². The number of para-hydroxylation sites is 2. The molecule has 3 unspecified atom stereocenters. The lowest BCUT2D eigenvalue weighted by Crippen LogP contribution is -2.36. The lowest BCUT2D eigenvalue weighted by atomic mass is 9.62. The Morgan fingerprint density at radius 1 is 0.656 bits per heavy atom. The third-order valence-corrected chi connectivity index (χ3v) is 14.6. The fourth-order valence-corrected chi connectivity index (χ4v) is 11.9. The molecular weight excluding hydrogens is 779 g/mol. The van der Waals surface area contributed by atoms with Gasteiger partial charge in [0.15, 0.2) is 0 Å². The fraction of sp³-hybridized carbons (Fsp3) is 0.117. The van der Waals surface area contributed by atoms with Gasteiger partial charge in [0.05, 0.1) is 27.5 Å². The summed E-state index contributed by atoms with van der Waals surface area (Å²) in [5.74, 6) is 0.678. The minimum absolute atomic E-state index is 0.248. The molecule has 0 bridgehead atoms. The van der Waals surface area contributed by atoms with E-state index < -0.39 is 5.41 Å². The molecule has 1 spiro atoms. The van der Waals surface area contributed by atoms with Gasteiger partial charge in [-0.2, -0.15) is 0 Å². The SMILES string of the molecule is CC1C=C2C(=CC1)n1c3ccccc3c3c4oc5c(-c6cccc(C7N=C(c8ccccc8)C=C(C8C=CC=CC8)N7)c6)cccc5c4cc(c31)C21c2ccccc2-c2ccccc21. The highest BCUT2D eigenvalue weighted by Gasteiger charge is 2.53. The Kier molecular flexibility index (Phi) is 7.51. The van der Waals surface area contributed by atoms with Gasteiger partial charge >= 0.3 is 0 Å². The van der Waals surface area contributed by atoms with E-state index in [2.05, 4.69) is 211 Å². The molecule has 2 aliphatic heterocycles. The molecule has 64 heavy (non-hydrogen) atoms. The van der Waals surface area contributed by atoms with Crippen LogP contribution in [0, 0.1) is 11.8 Å². The van der Waals surface area contributed by atoms with Gasteiger partial charge in [-0.25, -0.2) is 0 Å². The van der Waals surface area contributed by atoms with Crippen LogP contribution in [-0.4, -0.2) is 10.3 Å². The van der Waals surface area contributed by atoms with E-state index in [0.29, 0.717) is 5.92 Å². The van der Waals surface area contributed by atoms with E-state index in [1.165, 1.54) is 66.6 Å². The second-order valence-corrected chi connectivity index (χ2v) is 18.2. The second-order valence-electron chi connectivity index (χ2n) is 18.2.